The van der Waals surface area contributed by atoms with E-state index in [1.165, 1.54) is 18.2 Å². The third kappa shape index (κ3) is 4.82. The predicted octanol–water partition coefficient (Wildman–Crippen LogP) is 1.01. The Kier molecular flexibility index (Phi) is 5.67. The smallest absolute Gasteiger partial charge is 0.335 e. The maximum absolute atomic E-state index is 13.6. The summed E-state index contributed by atoms with van der Waals surface area (Å²) in [7, 11) is -7.52. The number of aromatic nitrogens is 2. The van der Waals surface area contributed by atoms with Crippen molar-refractivity contribution in [2.75, 3.05) is 5.75 Å². The summed E-state index contributed by atoms with van der Waals surface area (Å²) in [6, 6.07) is 5.43. The second-order valence-corrected chi connectivity index (χ2v) is 8.75. The Bertz CT molecular complexity index is 909. The number of halogens is 1. The molecule has 0 unspecified atom stereocenters. The van der Waals surface area contributed by atoms with Crippen LogP contribution in [0.25, 0.3) is 0 Å². The lowest BCUT2D eigenvalue weighted by Crippen LogP contribution is -2.25. The first kappa shape index (κ1) is 18.5. The molecule has 0 saturated heterocycles. The number of hydrogen-bond donors (Lipinski definition) is 1. The van der Waals surface area contributed by atoms with Gasteiger partial charge >= 0.3 is 5.22 Å². The fourth-order valence-electron chi connectivity index (χ4n) is 1.83. The van der Waals surface area contributed by atoms with Crippen molar-refractivity contribution in [1.82, 2.24) is 14.9 Å². The zero-order valence-corrected chi connectivity index (χ0v) is 14.4. The van der Waals surface area contributed by atoms with Crippen LogP contribution in [0.1, 0.15) is 24.8 Å². The van der Waals surface area contributed by atoms with Gasteiger partial charge in [-0.05, 0) is 12.5 Å². The van der Waals surface area contributed by atoms with Gasteiger partial charge < -0.3 is 4.42 Å². The minimum absolute atomic E-state index is 0.0269. The molecule has 0 bridgehead atoms. The third-order valence-corrected chi connectivity index (χ3v) is 5.85. The van der Waals surface area contributed by atoms with Crippen molar-refractivity contribution in [3.8, 4) is 0 Å². The van der Waals surface area contributed by atoms with Crippen LogP contribution in [0.2, 0.25) is 0 Å². The van der Waals surface area contributed by atoms with Crippen LogP contribution in [-0.2, 0) is 32.2 Å². The molecule has 2 aromatic rings. The van der Waals surface area contributed by atoms with Crippen LogP contribution in [0, 0.1) is 5.82 Å². The average Bonchev–Trinajstić information content (AvgIpc) is 2.97. The first-order chi connectivity index (χ1) is 11.2. The molecule has 0 atom stereocenters. The Morgan fingerprint density at radius 3 is 2.54 bits per heavy atom. The number of nitrogens with one attached hydrogen (secondary N) is 1. The lowest BCUT2D eigenvalue weighted by Gasteiger charge is -2.02. The van der Waals surface area contributed by atoms with E-state index in [9.17, 15) is 21.2 Å². The van der Waals surface area contributed by atoms with Gasteiger partial charge in [0, 0.05) is 5.56 Å². The zero-order chi connectivity index (χ0) is 17.8. The Morgan fingerprint density at radius 1 is 1.17 bits per heavy atom. The highest BCUT2D eigenvalue weighted by atomic mass is 32.2. The molecule has 0 amide bonds. The standard InChI is InChI=1S/C13H16FN3O5S2/c1-2-7-24(20,21)15-8-12-16-17-13(22-12)23(18,19)9-10-5-3-4-6-11(10)14/h3-6,15H,2,7-9H2,1H3. The van der Waals surface area contributed by atoms with Crippen molar-refractivity contribution in [2.45, 2.75) is 30.9 Å². The van der Waals surface area contributed by atoms with Gasteiger partial charge in [0.25, 0.3) is 0 Å². The highest BCUT2D eigenvalue weighted by Gasteiger charge is 2.24. The van der Waals surface area contributed by atoms with E-state index in [0.29, 0.717) is 6.42 Å². The Morgan fingerprint density at radius 2 is 1.88 bits per heavy atom. The highest BCUT2D eigenvalue weighted by Crippen LogP contribution is 2.17. The lowest BCUT2D eigenvalue weighted by atomic mass is 10.2. The van der Waals surface area contributed by atoms with Crippen molar-refractivity contribution < 1.29 is 25.6 Å². The summed E-state index contributed by atoms with van der Waals surface area (Å²) < 4.78 is 68.1. The molecular weight excluding hydrogens is 361 g/mol. The third-order valence-electron chi connectivity index (χ3n) is 2.93. The molecule has 24 heavy (non-hydrogen) atoms. The van der Waals surface area contributed by atoms with Crippen LogP contribution >= 0.6 is 0 Å². The Labute approximate surface area is 139 Å². The molecule has 132 valence electrons. The summed E-state index contributed by atoms with van der Waals surface area (Å²) in [4.78, 5) is 0. The lowest BCUT2D eigenvalue weighted by molar-refractivity contribution is 0.393. The van der Waals surface area contributed by atoms with Gasteiger partial charge in [0.2, 0.25) is 25.8 Å². The Balaban J connectivity index is 2.10. The van der Waals surface area contributed by atoms with E-state index in [4.69, 9.17) is 4.42 Å². The molecule has 0 fully saturated rings. The molecule has 8 nitrogen and oxygen atoms in total. The molecule has 0 spiro atoms. The summed E-state index contributed by atoms with van der Waals surface area (Å²) >= 11 is 0. The quantitative estimate of drug-likeness (QED) is 0.729. The second kappa shape index (κ2) is 7.36. The average molecular weight is 377 g/mol. The molecule has 1 heterocycles. The summed E-state index contributed by atoms with van der Waals surface area (Å²) in [6.07, 6.45) is 0.432. The van der Waals surface area contributed by atoms with Crippen LogP contribution in [-0.4, -0.2) is 32.8 Å². The van der Waals surface area contributed by atoms with E-state index >= 15 is 0 Å². The van der Waals surface area contributed by atoms with Gasteiger partial charge in [-0.2, -0.15) is 0 Å². The van der Waals surface area contributed by atoms with Crippen LogP contribution in [0.15, 0.2) is 33.9 Å². The number of sulfone groups is 1. The van der Waals surface area contributed by atoms with Crippen LogP contribution in [0.4, 0.5) is 4.39 Å². The first-order valence-corrected chi connectivity index (χ1v) is 10.3. The molecule has 0 saturated carbocycles. The van der Waals surface area contributed by atoms with Gasteiger partial charge in [-0.25, -0.2) is 25.9 Å². The summed E-state index contributed by atoms with van der Waals surface area (Å²) in [6.45, 7) is 1.39. The van der Waals surface area contributed by atoms with Gasteiger partial charge in [-0.3, -0.25) is 0 Å². The van der Waals surface area contributed by atoms with Crippen LogP contribution in [0.5, 0.6) is 0 Å². The molecule has 0 aliphatic carbocycles. The van der Waals surface area contributed by atoms with Crippen molar-refractivity contribution in [1.29, 1.82) is 0 Å². The number of rotatable bonds is 8. The largest absolute Gasteiger partial charge is 0.411 e. The van der Waals surface area contributed by atoms with E-state index in [2.05, 4.69) is 14.9 Å². The topological polar surface area (TPSA) is 119 Å². The van der Waals surface area contributed by atoms with E-state index in [1.807, 2.05) is 0 Å². The summed E-state index contributed by atoms with van der Waals surface area (Å²) in [5.74, 6) is -1.56. The van der Waals surface area contributed by atoms with Crippen molar-refractivity contribution in [3.05, 3.63) is 41.5 Å². The van der Waals surface area contributed by atoms with E-state index in [-0.39, 0.29) is 23.8 Å². The van der Waals surface area contributed by atoms with Crippen LogP contribution in [0.3, 0.4) is 0 Å². The molecule has 0 aliphatic heterocycles. The van der Waals surface area contributed by atoms with Gasteiger partial charge in [0.15, 0.2) is 0 Å². The minimum Gasteiger partial charge on any atom is -0.411 e. The van der Waals surface area contributed by atoms with Gasteiger partial charge in [-0.15, -0.1) is 5.10 Å². The van der Waals surface area contributed by atoms with Gasteiger partial charge in [-0.1, -0.05) is 30.2 Å². The van der Waals surface area contributed by atoms with Crippen molar-refractivity contribution in [3.63, 3.8) is 0 Å². The molecule has 0 aliphatic rings. The summed E-state index contributed by atoms with van der Waals surface area (Å²) in [5.41, 5.74) is -0.0269. The first-order valence-electron chi connectivity index (χ1n) is 6.99. The number of benzene rings is 1. The second-order valence-electron chi connectivity index (χ2n) is 4.95. The van der Waals surface area contributed by atoms with E-state index in [1.54, 1.807) is 6.92 Å². The van der Waals surface area contributed by atoms with Gasteiger partial charge in [0.1, 0.15) is 5.82 Å². The molecular formula is C13H16FN3O5S2. The monoisotopic (exact) mass is 377 g/mol. The molecule has 1 N–H and O–H groups in total. The summed E-state index contributed by atoms with van der Waals surface area (Å²) in [5, 5.41) is 6.21. The van der Waals surface area contributed by atoms with Crippen molar-refractivity contribution >= 4 is 19.9 Å². The number of sulfonamides is 1. The molecule has 11 heteroatoms. The fraction of sp³-hybridized carbons (Fsp3) is 0.385. The van der Waals surface area contributed by atoms with Gasteiger partial charge in [0.05, 0.1) is 18.1 Å². The molecule has 1 aromatic carbocycles. The van der Waals surface area contributed by atoms with Crippen LogP contribution < -0.4 is 4.72 Å². The Hall–Kier alpha value is -1.85. The molecule has 2 rings (SSSR count). The van der Waals surface area contributed by atoms with E-state index < -0.39 is 36.7 Å². The SMILES string of the molecule is CCCS(=O)(=O)NCc1nnc(S(=O)(=O)Cc2ccccc2F)o1. The maximum atomic E-state index is 13.6. The predicted molar refractivity (Wildman–Crippen MR) is 82.5 cm³/mol. The zero-order valence-electron chi connectivity index (χ0n) is 12.8. The number of nitrogens with zero attached hydrogens (tertiary/aromatic N) is 2. The highest BCUT2D eigenvalue weighted by molar-refractivity contribution is 7.90. The van der Waals surface area contributed by atoms with E-state index in [0.717, 1.165) is 6.07 Å². The fourth-order valence-corrected chi connectivity index (χ4v) is 4.01. The maximum Gasteiger partial charge on any atom is 0.335 e. The molecule has 0 radical (unpaired) electrons. The number of hydrogen-bond acceptors (Lipinski definition) is 7. The minimum atomic E-state index is -4.04. The molecule has 1 aromatic heterocycles. The van der Waals surface area contributed by atoms with Crippen molar-refractivity contribution in [2.24, 2.45) is 0 Å². The normalized spacial score (nSPS) is 12.4.